The van der Waals surface area contributed by atoms with Crippen molar-refractivity contribution in [2.75, 3.05) is 26.2 Å². The molecule has 2 aliphatic heterocycles. The number of benzene rings is 2. The Morgan fingerprint density at radius 1 is 0.882 bits per heavy atom. The molecule has 2 heterocycles. The standard InChI is InChI=1S/C29H40BNO3/c1-6-12-26(23-15-17-25(18-16-23)32-22-21-31-19-10-11-20-31)27(24-13-8-7-9-14-24)30-33-28(2,3)29(4,5)34-30/h7-9,13-18H,6,10-12,19-22H2,1-5H3/b27-26-. The van der Waals surface area contributed by atoms with Crippen molar-refractivity contribution in [1.82, 2.24) is 4.90 Å². The predicted octanol–water partition coefficient (Wildman–Crippen LogP) is 6.50. The highest BCUT2D eigenvalue weighted by atomic mass is 16.7. The summed E-state index contributed by atoms with van der Waals surface area (Å²) in [7, 11) is -0.412. The smallest absolute Gasteiger partial charge is 0.492 e. The van der Waals surface area contributed by atoms with E-state index in [1.165, 1.54) is 37.1 Å². The normalized spacial score (nSPS) is 20.4. The van der Waals surface area contributed by atoms with Gasteiger partial charge in [0.05, 0.1) is 11.2 Å². The molecule has 0 amide bonds. The molecule has 4 rings (SSSR count). The van der Waals surface area contributed by atoms with Gasteiger partial charge in [0.15, 0.2) is 0 Å². The summed E-state index contributed by atoms with van der Waals surface area (Å²) in [5.74, 6) is 0.927. The van der Waals surface area contributed by atoms with E-state index < -0.39 is 7.12 Å². The molecule has 0 bridgehead atoms. The van der Waals surface area contributed by atoms with Crippen LogP contribution in [0.5, 0.6) is 5.75 Å². The van der Waals surface area contributed by atoms with E-state index in [9.17, 15) is 0 Å². The molecule has 2 aromatic rings. The molecule has 0 N–H and O–H groups in total. The second-order valence-corrected chi connectivity index (χ2v) is 10.5. The van der Waals surface area contributed by atoms with Crippen molar-refractivity contribution in [1.29, 1.82) is 0 Å². The zero-order valence-electron chi connectivity index (χ0n) is 21.6. The average molecular weight is 461 g/mol. The van der Waals surface area contributed by atoms with Gasteiger partial charge in [0.1, 0.15) is 12.4 Å². The van der Waals surface area contributed by atoms with Crippen LogP contribution in [0.15, 0.2) is 54.6 Å². The Hall–Kier alpha value is -2.08. The van der Waals surface area contributed by atoms with Gasteiger partial charge in [-0.15, -0.1) is 0 Å². The first-order valence-corrected chi connectivity index (χ1v) is 12.9. The van der Waals surface area contributed by atoms with Crippen LogP contribution in [0, 0.1) is 0 Å². The van der Waals surface area contributed by atoms with Crippen molar-refractivity contribution in [2.24, 2.45) is 0 Å². The van der Waals surface area contributed by atoms with Gasteiger partial charge in [0, 0.05) is 6.54 Å². The minimum Gasteiger partial charge on any atom is -0.492 e. The van der Waals surface area contributed by atoms with Crippen LogP contribution in [0.3, 0.4) is 0 Å². The molecule has 0 aromatic heterocycles. The Morgan fingerprint density at radius 2 is 1.50 bits per heavy atom. The summed E-state index contributed by atoms with van der Waals surface area (Å²) in [6.07, 6.45) is 4.62. The molecule has 5 heteroatoms. The topological polar surface area (TPSA) is 30.9 Å². The van der Waals surface area contributed by atoms with E-state index >= 15 is 0 Å². The second-order valence-electron chi connectivity index (χ2n) is 10.5. The summed E-state index contributed by atoms with van der Waals surface area (Å²) in [6, 6.07) is 19.1. The lowest BCUT2D eigenvalue weighted by Gasteiger charge is -2.32. The number of nitrogens with zero attached hydrogens (tertiary/aromatic N) is 1. The molecule has 0 unspecified atom stereocenters. The Kier molecular flexibility index (Phi) is 7.86. The largest absolute Gasteiger partial charge is 0.495 e. The van der Waals surface area contributed by atoms with Crippen LogP contribution < -0.4 is 4.74 Å². The first kappa shape index (κ1) is 25.0. The molecule has 0 saturated carbocycles. The third-order valence-corrected chi connectivity index (χ3v) is 7.48. The minimum absolute atomic E-state index is 0.387. The lowest BCUT2D eigenvalue weighted by Crippen LogP contribution is -2.41. The molecule has 0 aliphatic carbocycles. The zero-order chi connectivity index (χ0) is 24.2. The summed E-state index contributed by atoms with van der Waals surface area (Å²) in [4.78, 5) is 2.48. The van der Waals surface area contributed by atoms with Crippen LogP contribution in [0.1, 0.15) is 71.4 Å². The number of hydrogen-bond donors (Lipinski definition) is 0. The van der Waals surface area contributed by atoms with E-state index in [0.29, 0.717) is 0 Å². The molecular weight excluding hydrogens is 421 g/mol. The maximum absolute atomic E-state index is 6.55. The van der Waals surface area contributed by atoms with E-state index in [-0.39, 0.29) is 11.2 Å². The van der Waals surface area contributed by atoms with Crippen molar-refractivity contribution in [3.8, 4) is 5.75 Å². The molecule has 0 spiro atoms. The van der Waals surface area contributed by atoms with Gasteiger partial charge in [-0.1, -0.05) is 55.8 Å². The lowest BCUT2D eigenvalue weighted by atomic mass is 9.69. The third-order valence-electron chi connectivity index (χ3n) is 7.48. The molecule has 2 aliphatic rings. The van der Waals surface area contributed by atoms with Gasteiger partial charge in [-0.2, -0.15) is 0 Å². The van der Waals surface area contributed by atoms with Crippen LogP contribution in [0.2, 0.25) is 0 Å². The fourth-order valence-electron chi connectivity index (χ4n) is 4.77. The number of allylic oxidation sites excluding steroid dienone is 1. The maximum atomic E-state index is 6.55. The van der Waals surface area contributed by atoms with Crippen LogP contribution in [-0.4, -0.2) is 49.5 Å². The number of hydrogen-bond acceptors (Lipinski definition) is 4. The maximum Gasteiger partial charge on any atom is 0.495 e. The molecule has 2 aromatic carbocycles. The number of ether oxygens (including phenoxy) is 1. The van der Waals surface area contributed by atoms with E-state index in [1.54, 1.807) is 0 Å². The fraction of sp³-hybridized carbons (Fsp3) is 0.517. The molecule has 4 nitrogen and oxygen atoms in total. The van der Waals surface area contributed by atoms with Crippen LogP contribution in [0.25, 0.3) is 11.0 Å². The fourth-order valence-corrected chi connectivity index (χ4v) is 4.77. The summed E-state index contributed by atoms with van der Waals surface area (Å²) >= 11 is 0. The highest BCUT2D eigenvalue weighted by Crippen LogP contribution is 2.43. The molecule has 0 radical (unpaired) electrons. The van der Waals surface area contributed by atoms with E-state index in [2.05, 4.69) is 94.1 Å². The van der Waals surface area contributed by atoms with Crippen molar-refractivity contribution in [2.45, 2.75) is 71.5 Å². The Morgan fingerprint density at radius 3 is 2.09 bits per heavy atom. The van der Waals surface area contributed by atoms with Crippen molar-refractivity contribution >= 4 is 18.2 Å². The van der Waals surface area contributed by atoms with Gasteiger partial charge in [-0.3, -0.25) is 4.90 Å². The Balaban J connectivity index is 1.63. The van der Waals surface area contributed by atoms with Crippen molar-refractivity contribution in [3.05, 3.63) is 65.7 Å². The number of rotatable bonds is 9. The second kappa shape index (κ2) is 10.7. The SMILES string of the molecule is CCC/C(=C(/B1OC(C)(C)C(C)(C)O1)c1ccccc1)c1ccc(OCCN2CCCC2)cc1. The summed E-state index contributed by atoms with van der Waals surface area (Å²) in [6.45, 7) is 14.8. The van der Waals surface area contributed by atoms with Crippen LogP contribution >= 0.6 is 0 Å². The minimum atomic E-state index is -0.412. The quantitative estimate of drug-likeness (QED) is 0.315. The summed E-state index contributed by atoms with van der Waals surface area (Å²) in [5.41, 5.74) is 3.97. The van der Waals surface area contributed by atoms with Crippen LogP contribution in [-0.2, 0) is 9.31 Å². The zero-order valence-corrected chi connectivity index (χ0v) is 21.6. The number of likely N-dealkylation sites (tertiary alicyclic amines) is 1. The summed E-state index contributed by atoms with van der Waals surface area (Å²) < 4.78 is 19.1. The predicted molar refractivity (Wildman–Crippen MR) is 142 cm³/mol. The van der Waals surface area contributed by atoms with Gasteiger partial charge >= 0.3 is 7.12 Å². The lowest BCUT2D eigenvalue weighted by molar-refractivity contribution is 0.00578. The van der Waals surface area contributed by atoms with Gasteiger partial charge in [-0.05, 0) is 94.4 Å². The van der Waals surface area contributed by atoms with Crippen molar-refractivity contribution < 1.29 is 14.0 Å². The molecular formula is C29H40BNO3. The van der Waals surface area contributed by atoms with Gasteiger partial charge in [0.25, 0.3) is 0 Å². The first-order chi connectivity index (χ1) is 16.3. The molecule has 34 heavy (non-hydrogen) atoms. The van der Waals surface area contributed by atoms with Crippen molar-refractivity contribution in [3.63, 3.8) is 0 Å². The third kappa shape index (κ3) is 5.59. The van der Waals surface area contributed by atoms with Gasteiger partial charge in [0.2, 0.25) is 0 Å². The Labute approximate surface area is 206 Å². The average Bonchev–Trinajstić information content (AvgIpc) is 3.40. The molecule has 2 saturated heterocycles. The monoisotopic (exact) mass is 461 g/mol. The first-order valence-electron chi connectivity index (χ1n) is 12.9. The van der Waals surface area contributed by atoms with Gasteiger partial charge < -0.3 is 14.0 Å². The highest BCUT2D eigenvalue weighted by molar-refractivity contribution is 6.71. The van der Waals surface area contributed by atoms with Crippen LogP contribution in [0.4, 0.5) is 0 Å². The molecule has 182 valence electrons. The summed E-state index contributed by atoms with van der Waals surface area (Å²) in [5, 5.41) is 0. The van der Waals surface area contributed by atoms with E-state index in [0.717, 1.165) is 42.8 Å². The molecule has 2 fully saturated rings. The highest BCUT2D eigenvalue weighted by Gasteiger charge is 2.53. The van der Waals surface area contributed by atoms with Gasteiger partial charge in [-0.25, -0.2) is 0 Å². The van der Waals surface area contributed by atoms with E-state index in [4.69, 9.17) is 14.0 Å². The molecule has 0 atom stereocenters. The Bertz CT molecular complexity index is 947. The van der Waals surface area contributed by atoms with E-state index in [1.807, 2.05) is 0 Å².